The number of nitrogens with two attached hydrogens (primary N) is 1. The number of benzene rings is 1. The molecule has 1 amide bonds. The maximum absolute atomic E-state index is 16.0. The Labute approximate surface area is 380 Å². The number of aryl methyl sites for hydroxylation is 5. The molecule has 66 heavy (non-hydrogen) atoms. The Bertz CT molecular complexity index is 3330. The van der Waals surface area contributed by atoms with Crippen molar-refractivity contribution < 1.29 is 13.9 Å². The SMILES string of the molecule is C#Cc1ccc(-c2c(C3=CC[C@H](C(=O)N4CCCC4Cc4nc(C)ccc4-c4c(-c5ccc(Oc6nccc(C)n6)c(F)c5)c5c(N)ncnc5n4C)CC3)c3cncnc3n2C)c(C)n1. The Morgan fingerprint density at radius 1 is 0.894 bits per heavy atom. The van der Waals surface area contributed by atoms with E-state index >= 15 is 4.39 Å². The first kappa shape index (κ1) is 42.1. The largest absolute Gasteiger partial charge is 0.421 e. The minimum Gasteiger partial charge on any atom is -0.421 e. The van der Waals surface area contributed by atoms with E-state index in [0.29, 0.717) is 59.4 Å². The van der Waals surface area contributed by atoms with E-state index in [2.05, 4.69) is 56.4 Å². The lowest BCUT2D eigenvalue weighted by atomic mass is 9.84. The van der Waals surface area contributed by atoms with Gasteiger partial charge in [-0.1, -0.05) is 18.1 Å². The number of ether oxygens (including phenoxy) is 1. The second-order valence-electron chi connectivity index (χ2n) is 17.2. The van der Waals surface area contributed by atoms with Crippen LogP contribution in [0.15, 0.2) is 79.7 Å². The average Bonchev–Trinajstić information content (AvgIpc) is 3.99. The van der Waals surface area contributed by atoms with Gasteiger partial charge in [-0.25, -0.2) is 39.3 Å². The van der Waals surface area contributed by atoms with Crippen LogP contribution in [0.1, 0.15) is 66.1 Å². The van der Waals surface area contributed by atoms with Gasteiger partial charge in [-0.3, -0.25) is 9.78 Å². The topological polar surface area (TPSA) is 169 Å². The van der Waals surface area contributed by atoms with Gasteiger partial charge in [0.15, 0.2) is 11.6 Å². The first-order valence-electron chi connectivity index (χ1n) is 22.0. The van der Waals surface area contributed by atoms with Crippen molar-refractivity contribution in [2.75, 3.05) is 12.3 Å². The number of hydrogen-bond donors (Lipinski definition) is 1. The molecule has 1 saturated heterocycles. The second kappa shape index (κ2) is 16.9. The molecule has 1 aliphatic carbocycles. The van der Waals surface area contributed by atoms with Gasteiger partial charge in [0.2, 0.25) is 5.91 Å². The maximum atomic E-state index is 16.0. The summed E-state index contributed by atoms with van der Waals surface area (Å²) in [6, 6.07) is 14.4. The number of rotatable bonds is 9. The molecule has 7 aromatic heterocycles. The Balaban J connectivity index is 0.957. The van der Waals surface area contributed by atoms with E-state index in [1.807, 2.05) is 69.9 Å². The number of carbonyl (C=O) groups excluding carboxylic acids is 1. The van der Waals surface area contributed by atoms with Crippen LogP contribution in [0.3, 0.4) is 0 Å². The molecule has 15 heteroatoms. The molecule has 2 aliphatic rings. The van der Waals surface area contributed by atoms with Crippen molar-refractivity contribution >= 4 is 39.4 Å². The number of terminal acetylenes is 1. The fourth-order valence-corrected chi connectivity index (χ4v) is 9.95. The number of anilines is 1. The molecule has 0 bridgehead atoms. The molecule has 8 aromatic rings. The van der Waals surface area contributed by atoms with E-state index in [4.69, 9.17) is 21.9 Å². The summed E-state index contributed by atoms with van der Waals surface area (Å²) < 4.78 is 25.8. The smallest absolute Gasteiger partial charge is 0.322 e. The molecule has 0 radical (unpaired) electrons. The Kier molecular flexibility index (Phi) is 10.8. The molecule has 2 N–H and O–H groups in total. The molecule has 10 rings (SSSR count). The number of fused-ring (bicyclic) bond motifs is 2. The van der Waals surface area contributed by atoms with Crippen LogP contribution in [0.4, 0.5) is 10.2 Å². The summed E-state index contributed by atoms with van der Waals surface area (Å²) in [6.07, 6.45) is 18.7. The van der Waals surface area contributed by atoms with Crippen LogP contribution in [0, 0.1) is 44.9 Å². The highest BCUT2D eigenvalue weighted by atomic mass is 19.1. The van der Waals surface area contributed by atoms with E-state index in [1.54, 1.807) is 30.7 Å². The van der Waals surface area contributed by atoms with Crippen molar-refractivity contribution in [2.45, 2.75) is 65.3 Å². The Hall–Kier alpha value is -7.86. The van der Waals surface area contributed by atoms with Gasteiger partial charge in [-0.2, -0.15) is 0 Å². The normalized spacial score (nSPS) is 16.2. The summed E-state index contributed by atoms with van der Waals surface area (Å²) >= 11 is 0. The van der Waals surface area contributed by atoms with Crippen LogP contribution >= 0.6 is 0 Å². The number of hydrogen-bond acceptors (Lipinski definition) is 11. The first-order valence-corrected chi connectivity index (χ1v) is 22.0. The third kappa shape index (κ3) is 7.37. The van der Waals surface area contributed by atoms with Crippen molar-refractivity contribution in [1.29, 1.82) is 0 Å². The molecule has 330 valence electrons. The zero-order chi connectivity index (χ0) is 45.8. The van der Waals surface area contributed by atoms with E-state index in [9.17, 15) is 4.79 Å². The van der Waals surface area contributed by atoms with Crippen LogP contribution in [-0.2, 0) is 25.3 Å². The van der Waals surface area contributed by atoms with Gasteiger partial charge in [0.05, 0.1) is 22.5 Å². The highest BCUT2D eigenvalue weighted by Crippen LogP contribution is 2.45. The van der Waals surface area contributed by atoms with Gasteiger partial charge in [0, 0.05) is 96.1 Å². The lowest BCUT2D eigenvalue weighted by Crippen LogP contribution is -2.41. The van der Waals surface area contributed by atoms with Gasteiger partial charge in [0.1, 0.15) is 35.5 Å². The number of pyridine rings is 2. The molecule has 8 heterocycles. The zero-order valence-corrected chi connectivity index (χ0v) is 37.4. The molecular formula is C51H47FN12O2. The van der Waals surface area contributed by atoms with E-state index < -0.39 is 5.82 Å². The summed E-state index contributed by atoms with van der Waals surface area (Å²) in [5.74, 6) is 2.28. The first-order chi connectivity index (χ1) is 32.0. The molecular weight excluding hydrogens is 832 g/mol. The predicted octanol–water partition coefficient (Wildman–Crippen LogP) is 8.67. The van der Waals surface area contributed by atoms with Crippen LogP contribution in [0.5, 0.6) is 11.8 Å². The van der Waals surface area contributed by atoms with Crippen LogP contribution in [0.25, 0.3) is 61.3 Å². The summed E-state index contributed by atoms with van der Waals surface area (Å²) in [5, 5.41) is 1.55. The lowest BCUT2D eigenvalue weighted by Gasteiger charge is -2.31. The highest BCUT2D eigenvalue weighted by Gasteiger charge is 2.36. The Morgan fingerprint density at radius 2 is 1.68 bits per heavy atom. The molecule has 0 spiro atoms. The molecule has 0 saturated carbocycles. The molecule has 14 nitrogen and oxygen atoms in total. The van der Waals surface area contributed by atoms with Crippen molar-refractivity contribution in [3.05, 3.63) is 120 Å². The minimum absolute atomic E-state index is 0.0175. The minimum atomic E-state index is -0.600. The Morgan fingerprint density at radius 3 is 2.45 bits per heavy atom. The monoisotopic (exact) mass is 878 g/mol. The summed E-state index contributed by atoms with van der Waals surface area (Å²) in [7, 11) is 3.93. The van der Waals surface area contributed by atoms with Gasteiger partial charge in [-0.15, -0.1) is 6.42 Å². The third-order valence-electron chi connectivity index (χ3n) is 13.1. The fourth-order valence-electron chi connectivity index (χ4n) is 9.95. The van der Waals surface area contributed by atoms with Gasteiger partial charge >= 0.3 is 6.01 Å². The fraction of sp³-hybridized carbons (Fsp3) is 0.275. The average molecular weight is 879 g/mol. The number of aromatic nitrogens is 10. The lowest BCUT2D eigenvalue weighted by molar-refractivity contribution is -0.136. The number of allylic oxidation sites excluding steroid dienone is 2. The number of carbonyl (C=O) groups is 1. The quantitative estimate of drug-likeness (QED) is 0.138. The van der Waals surface area contributed by atoms with Crippen molar-refractivity contribution in [1.82, 2.24) is 53.9 Å². The van der Waals surface area contributed by atoms with Crippen LogP contribution < -0.4 is 10.5 Å². The third-order valence-corrected chi connectivity index (χ3v) is 13.1. The number of likely N-dealkylation sites (tertiary alicyclic amines) is 1. The molecule has 1 unspecified atom stereocenters. The summed E-state index contributed by atoms with van der Waals surface area (Å²) in [4.78, 5) is 52.9. The molecule has 1 fully saturated rings. The van der Waals surface area contributed by atoms with Crippen molar-refractivity contribution in [3.8, 4) is 57.7 Å². The van der Waals surface area contributed by atoms with Gasteiger partial charge in [-0.05, 0) is 106 Å². The highest BCUT2D eigenvalue weighted by molar-refractivity contribution is 6.08. The van der Waals surface area contributed by atoms with Gasteiger partial charge < -0.3 is 24.5 Å². The van der Waals surface area contributed by atoms with Gasteiger partial charge in [0.25, 0.3) is 0 Å². The van der Waals surface area contributed by atoms with Crippen LogP contribution in [-0.4, -0.2) is 72.4 Å². The number of halogens is 1. The zero-order valence-electron chi connectivity index (χ0n) is 37.4. The summed E-state index contributed by atoms with van der Waals surface area (Å²) in [5.41, 5.74) is 18.8. The van der Waals surface area contributed by atoms with Crippen molar-refractivity contribution in [2.24, 2.45) is 20.0 Å². The van der Waals surface area contributed by atoms with E-state index in [1.165, 1.54) is 18.0 Å². The van der Waals surface area contributed by atoms with E-state index in [-0.39, 0.29) is 35.4 Å². The van der Waals surface area contributed by atoms with Crippen molar-refractivity contribution in [3.63, 3.8) is 0 Å². The predicted molar refractivity (Wildman–Crippen MR) is 251 cm³/mol. The number of amides is 1. The number of nitrogens with zero attached hydrogens (tertiary/aromatic N) is 11. The summed E-state index contributed by atoms with van der Waals surface area (Å²) in [6.45, 7) is 6.42. The second-order valence-corrected chi connectivity index (χ2v) is 17.2. The van der Waals surface area contributed by atoms with E-state index in [0.717, 1.165) is 75.5 Å². The maximum Gasteiger partial charge on any atom is 0.322 e. The molecule has 2 atom stereocenters. The number of nitrogen functional groups attached to an aromatic ring is 1. The standard InChI is InChI=1S/C51H47FN12O2/c1-7-34-16-18-36(30(4)61-34)45-42(38-25-54-26-57-48(38)62(45)5)31-11-13-32(14-12-31)50(65)64-22-8-9-35(64)24-40-37(17-10-28(2)59-40)46-43(44-47(53)56-27-58-49(44)63(46)6)33-15-19-41(39(52)23-33)66-51-55-21-20-29(3)60-51/h1,10-11,15-21,23,25-27,32,35H,8-9,12-14,22,24H2,2-6H3,(H2,53,56,58)/t32-,35?/m0/s1. The molecule has 1 aliphatic heterocycles. The van der Waals surface area contributed by atoms with Crippen LogP contribution in [0.2, 0.25) is 0 Å². The molecule has 1 aromatic carbocycles.